The fourth-order valence-electron chi connectivity index (χ4n) is 4.35. The minimum Gasteiger partial charge on any atom is -0.312 e. The highest BCUT2D eigenvalue weighted by atomic mass is 16.2. The summed E-state index contributed by atoms with van der Waals surface area (Å²) in [5.74, 6) is -0.0468. The lowest BCUT2D eigenvalue weighted by Gasteiger charge is -2.26. The second-order valence-electron chi connectivity index (χ2n) is 7.29. The van der Waals surface area contributed by atoms with Gasteiger partial charge >= 0.3 is 0 Å². The zero-order valence-corrected chi connectivity index (χ0v) is 15.5. The molecule has 2 aliphatic heterocycles. The molecule has 0 spiro atoms. The third-order valence-corrected chi connectivity index (χ3v) is 5.68. The van der Waals surface area contributed by atoms with Crippen LogP contribution in [0.25, 0.3) is 11.1 Å². The van der Waals surface area contributed by atoms with Crippen LogP contribution < -0.4 is 10.5 Å². The molecular weight excluding hydrogens is 352 g/mol. The van der Waals surface area contributed by atoms with E-state index >= 15 is 0 Å². The summed E-state index contributed by atoms with van der Waals surface area (Å²) >= 11 is 0. The van der Waals surface area contributed by atoms with Crippen LogP contribution in [0.2, 0.25) is 0 Å². The van der Waals surface area contributed by atoms with Crippen LogP contribution in [-0.2, 0) is 19.4 Å². The van der Waals surface area contributed by atoms with Gasteiger partial charge in [-0.15, -0.1) is 0 Å². The summed E-state index contributed by atoms with van der Waals surface area (Å²) in [7, 11) is 0. The molecule has 6 heteroatoms. The second kappa shape index (κ2) is 6.71. The van der Waals surface area contributed by atoms with Gasteiger partial charge in [-0.25, -0.2) is 9.97 Å². The number of para-hydroxylation sites is 1. The zero-order valence-electron chi connectivity index (χ0n) is 15.5. The molecule has 0 aliphatic carbocycles. The number of anilines is 1. The van der Waals surface area contributed by atoms with Crippen molar-refractivity contribution in [1.82, 2.24) is 14.5 Å². The average Bonchev–Trinajstić information content (AvgIpc) is 3.18. The largest absolute Gasteiger partial charge is 0.312 e. The Morgan fingerprint density at radius 2 is 1.82 bits per heavy atom. The summed E-state index contributed by atoms with van der Waals surface area (Å²) < 4.78 is 1.77. The Balaban J connectivity index is 1.72. The minimum absolute atomic E-state index is 0.0468. The van der Waals surface area contributed by atoms with Crippen LogP contribution >= 0.6 is 0 Å². The van der Waals surface area contributed by atoms with Crippen LogP contribution in [0.5, 0.6) is 0 Å². The van der Waals surface area contributed by atoms with Gasteiger partial charge in [-0.1, -0.05) is 18.2 Å². The number of amides is 1. The molecule has 28 heavy (non-hydrogen) atoms. The van der Waals surface area contributed by atoms with Crippen molar-refractivity contribution in [3.8, 4) is 11.1 Å². The molecule has 0 unspecified atom stereocenters. The minimum atomic E-state index is -0.0630. The molecule has 0 saturated heterocycles. The van der Waals surface area contributed by atoms with Crippen LogP contribution in [0.1, 0.15) is 34.5 Å². The van der Waals surface area contributed by atoms with E-state index in [1.165, 1.54) is 11.9 Å². The maximum absolute atomic E-state index is 13.8. The number of carbonyl (C=O) groups excluding carboxylic acids is 1. The van der Waals surface area contributed by atoms with Crippen molar-refractivity contribution in [1.29, 1.82) is 0 Å². The van der Waals surface area contributed by atoms with Gasteiger partial charge in [-0.2, -0.15) is 0 Å². The number of carbonyl (C=O) groups is 1. The first-order chi connectivity index (χ1) is 13.7. The van der Waals surface area contributed by atoms with Crippen molar-refractivity contribution >= 4 is 11.6 Å². The Kier molecular flexibility index (Phi) is 4.04. The highest BCUT2D eigenvalue weighted by molar-refractivity contribution is 6.11. The number of rotatable bonds is 2. The molecule has 1 amide bonds. The van der Waals surface area contributed by atoms with Crippen molar-refractivity contribution in [2.75, 3.05) is 11.4 Å². The zero-order chi connectivity index (χ0) is 19.1. The molecule has 0 atom stereocenters. The van der Waals surface area contributed by atoms with E-state index in [2.05, 4.69) is 16.0 Å². The molecule has 0 saturated carbocycles. The van der Waals surface area contributed by atoms with E-state index in [0.717, 1.165) is 37.1 Å². The summed E-state index contributed by atoms with van der Waals surface area (Å²) in [5, 5.41) is 0. The maximum atomic E-state index is 13.8. The summed E-state index contributed by atoms with van der Waals surface area (Å²) in [6.45, 7) is 1.32. The Hall–Kier alpha value is -3.28. The monoisotopic (exact) mass is 372 g/mol. The summed E-state index contributed by atoms with van der Waals surface area (Å²) in [6.07, 6.45) is 8.29. The Morgan fingerprint density at radius 1 is 1.00 bits per heavy atom. The lowest BCUT2D eigenvalue weighted by molar-refractivity contribution is 0.0987. The number of hydrogen-bond acceptors (Lipinski definition) is 4. The van der Waals surface area contributed by atoms with E-state index in [-0.39, 0.29) is 11.5 Å². The van der Waals surface area contributed by atoms with Gasteiger partial charge in [0.15, 0.2) is 0 Å². The number of nitrogens with zero attached hydrogens (tertiary/aromatic N) is 4. The molecule has 140 valence electrons. The van der Waals surface area contributed by atoms with Crippen molar-refractivity contribution < 1.29 is 4.79 Å². The Bertz CT molecular complexity index is 1120. The van der Waals surface area contributed by atoms with Crippen LogP contribution in [0.15, 0.2) is 53.8 Å². The van der Waals surface area contributed by atoms with Gasteiger partial charge < -0.3 is 9.47 Å². The quantitative estimate of drug-likeness (QED) is 0.694. The van der Waals surface area contributed by atoms with Gasteiger partial charge in [0.2, 0.25) is 0 Å². The van der Waals surface area contributed by atoms with E-state index in [4.69, 9.17) is 0 Å². The highest BCUT2D eigenvalue weighted by Gasteiger charge is 2.31. The SMILES string of the molecule is O=C(c1c(-c2cncnc2)cc(=O)n2c1CCCC2)N1CCc2ccccc21. The van der Waals surface area contributed by atoms with Crippen molar-refractivity contribution in [3.63, 3.8) is 0 Å². The molecule has 0 N–H and O–H groups in total. The van der Waals surface area contributed by atoms with Crippen LogP contribution in [-0.4, -0.2) is 27.0 Å². The van der Waals surface area contributed by atoms with E-state index in [1.54, 1.807) is 23.0 Å². The number of pyridine rings is 1. The Morgan fingerprint density at radius 3 is 2.68 bits per heavy atom. The first-order valence-electron chi connectivity index (χ1n) is 9.66. The molecule has 2 aromatic heterocycles. The second-order valence-corrected chi connectivity index (χ2v) is 7.29. The van der Waals surface area contributed by atoms with Gasteiger partial charge in [-0.3, -0.25) is 9.59 Å². The molecule has 3 aromatic rings. The molecule has 4 heterocycles. The fraction of sp³-hybridized carbons (Fsp3) is 0.273. The summed E-state index contributed by atoms with van der Waals surface area (Å²) in [6, 6.07) is 9.60. The van der Waals surface area contributed by atoms with Crippen LogP contribution in [0.3, 0.4) is 0 Å². The summed E-state index contributed by atoms with van der Waals surface area (Å²) in [4.78, 5) is 36.5. The molecule has 0 bridgehead atoms. The van der Waals surface area contributed by atoms with Crippen molar-refractivity contribution in [3.05, 3.63) is 76.2 Å². The third kappa shape index (κ3) is 2.64. The van der Waals surface area contributed by atoms with Gasteiger partial charge in [0.25, 0.3) is 11.5 Å². The number of benzene rings is 1. The van der Waals surface area contributed by atoms with Gasteiger partial charge in [0.1, 0.15) is 6.33 Å². The molecule has 6 nitrogen and oxygen atoms in total. The van der Waals surface area contributed by atoms with Crippen LogP contribution in [0, 0.1) is 0 Å². The molecular formula is C22H20N4O2. The molecule has 0 fully saturated rings. The number of aromatic nitrogens is 3. The number of hydrogen-bond donors (Lipinski definition) is 0. The lowest BCUT2D eigenvalue weighted by atomic mass is 9.95. The first-order valence-corrected chi connectivity index (χ1v) is 9.66. The van der Waals surface area contributed by atoms with E-state index in [9.17, 15) is 9.59 Å². The Labute approximate surface area is 162 Å². The highest BCUT2D eigenvalue weighted by Crippen LogP contribution is 2.33. The van der Waals surface area contributed by atoms with Gasteiger partial charge in [0, 0.05) is 54.1 Å². The van der Waals surface area contributed by atoms with Gasteiger partial charge in [-0.05, 0) is 37.3 Å². The van der Waals surface area contributed by atoms with E-state index in [1.807, 2.05) is 23.1 Å². The van der Waals surface area contributed by atoms with Crippen LogP contribution in [0.4, 0.5) is 5.69 Å². The van der Waals surface area contributed by atoms with Gasteiger partial charge in [0.05, 0.1) is 5.56 Å². The molecule has 5 rings (SSSR count). The topological polar surface area (TPSA) is 68.1 Å². The first kappa shape index (κ1) is 16.9. The third-order valence-electron chi connectivity index (χ3n) is 5.68. The van der Waals surface area contributed by atoms with Crippen molar-refractivity contribution in [2.45, 2.75) is 32.2 Å². The summed E-state index contributed by atoms with van der Waals surface area (Å²) in [5.41, 5.74) is 4.87. The number of fused-ring (bicyclic) bond motifs is 2. The van der Waals surface area contributed by atoms with E-state index < -0.39 is 0 Å². The molecule has 0 radical (unpaired) electrons. The maximum Gasteiger partial charge on any atom is 0.260 e. The average molecular weight is 372 g/mol. The van der Waals surface area contributed by atoms with Crippen molar-refractivity contribution in [2.24, 2.45) is 0 Å². The normalized spacial score (nSPS) is 15.2. The fourth-order valence-corrected chi connectivity index (χ4v) is 4.35. The predicted molar refractivity (Wildman–Crippen MR) is 106 cm³/mol. The predicted octanol–water partition coefficient (Wildman–Crippen LogP) is 2.84. The van der Waals surface area contributed by atoms with E-state index in [0.29, 0.717) is 29.8 Å². The molecule has 2 aliphatic rings. The molecule has 1 aromatic carbocycles. The standard InChI is InChI=1S/C22H20N4O2/c27-20-11-17(16-12-23-14-24-13-16)21(19-7-3-4-9-25(19)20)22(28)26-10-8-15-5-1-2-6-18(15)26/h1-2,5-6,11-14H,3-4,7-10H2. The smallest absolute Gasteiger partial charge is 0.260 e. The lowest BCUT2D eigenvalue weighted by Crippen LogP contribution is -2.35.